The zero-order valence-electron chi connectivity index (χ0n) is 15.6. The van der Waals surface area contributed by atoms with Crippen molar-refractivity contribution >= 4 is 37.7 Å². The molecule has 2 rings (SSSR count). The number of ketones is 1. The van der Waals surface area contributed by atoms with Gasteiger partial charge in [0.15, 0.2) is 12.4 Å². The number of carbonyl (C=O) groups is 1. The molecule has 0 saturated carbocycles. The summed E-state index contributed by atoms with van der Waals surface area (Å²) < 4.78 is 39.3. The Bertz CT molecular complexity index is 900. The average Bonchev–Trinajstić information content (AvgIpc) is 2.60. The molecule has 0 unspecified atom stereocenters. The smallest absolute Gasteiger partial charge is 0.333 e. The molecule has 0 amide bonds. The van der Waals surface area contributed by atoms with Crippen molar-refractivity contribution in [2.45, 2.75) is 18.7 Å². The topological polar surface area (TPSA) is 86.5 Å². The molecule has 27 heavy (non-hydrogen) atoms. The second kappa shape index (κ2) is 10.3. The second-order valence-corrected chi connectivity index (χ2v) is 8.19. The van der Waals surface area contributed by atoms with Crippen molar-refractivity contribution in [3.63, 3.8) is 0 Å². The van der Waals surface area contributed by atoms with E-state index < -0.39 is 10.1 Å². The highest BCUT2D eigenvalue weighted by atomic mass is 79.9. The van der Waals surface area contributed by atoms with Crippen LogP contribution >= 0.6 is 15.9 Å². The van der Waals surface area contributed by atoms with Gasteiger partial charge in [0.2, 0.25) is 0 Å². The van der Waals surface area contributed by atoms with Crippen molar-refractivity contribution in [2.75, 3.05) is 20.7 Å². The molecule has 0 radical (unpaired) electrons. The lowest BCUT2D eigenvalue weighted by Gasteiger charge is -2.05. The van der Waals surface area contributed by atoms with Crippen LogP contribution < -0.4 is 0 Å². The fraction of sp³-hybridized carbons (Fsp3) is 0.263. The molecular weight excluding hydrogens is 434 g/mol. The van der Waals surface area contributed by atoms with Gasteiger partial charge >= 0.3 is 5.90 Å². The molecule has 2 aromatic rings. The summed E-state index contributed by atoms with van der Waals surface area (Å²) >= 11 is 3.32. The second-order valence-electron chi connectivity index (χ2n) is 5.90. The van der Waals surface area contributed by atoms with Crippen LogP contribution in [0.2, 0.25) is 0 Å². The van der Waals surface area contributed by atoms with E-state index in [-0.39, 0.29) is 17.3 Å². The third-order valence-electron chi connectivity index (χ3n) is 3.52. The van der Waals surface area contributed by atoms with Gasteiger partial charge in [0.25, 0.3) is 0 Å². The van der Waals surface area contributed by atoms with E-state index in [1.165, 1.54) is 12.1 Å². The number of aryl methyl sites for hydroxylation is 1. The number of nitrogens with zero attached hydrogens (tertiary/aromatic N) is 1. The molecule has 0 heterocycles. The normalized spacial score (nSPS) is 10.4. The Labute approximate surface area is 168 Å². The number of hydrogen-bond acceptors (Lipinski definition) is 5. The van der Waals surface area contributed by atoms with Gasteiger partial charge in [-0.3, -0.25) is 4.79 Å². The van der Waals surface area contributed by atoms with Gasteiger partial charge in [-0.2, -0.15) is 0 Å². The lowest BCUT2D eigenvalue weighted by molar-refractivity contribution is -0.474. The van der Waals surface area contributed by atoms with Crippen molar-refractivity contribution in [2.24, 2.45) is 0 Å². The lowest BCUT2D eigenvalue weighted by atomic mass is 10.1. The quantitative estimate of drug-likeness (QED) is 0.232. The maximum absolute atomic E-state index is 11.7. The summed E-state index contributed by atoms with van der Waals surface area (Å²) in [5.41, 5.74) is 1.59. The first kappa shape index (κ1) is 23.0. The molecule has 0 bridgehead atoms. The van der Waals surface area contributed by atoms with Gasteiger partial charge in [-0.15, -0.1) is 0 Å². The average molecular weight is 456 g/mol. The number of carbonyl (C=O) groups excluding carboxylic acids is 1. The summed E-state index contributed by atoms with van der Waals surface area (Å²) in [4.78, 5) is 11.5. The molecule has 0 aromatic heterocycles. The van der Waals surface area contributed by atoms with Crippen LogP contribution in [-0.4, -0.2) is 49.9 Å². The number of rotatable bonds is 4. The predicted octanol–water partition coefficient (Wildman–Crippen LogP) is 3.24. The van der Waals surface area contributed by atoms with Gasteiger partial charge < -0.3 is 9.29 Å². The van der Waals surface area contributed by atoms with Gasteiger partial charge in [-0.25, -0.2) is 13.0 Å². The zero-order valence-corrected chi connectivity index (χ0v) is 18.0. The van der Waals surface area contributed by atoms with E-state index in [0.717, 1.165) is 15.9 Å². The monoisotopic (exact) mass is 455 g/mol. The Morgan fingerprint density at radius 1 is 1.07 bits per heavy atom. The highest BCUT2D eigenvalue weighted by Crippen LogP contribution is 2.11. The van der Waals surface area contributed by atoms with E-state index >= 15 is 0 Å². The molecule has 146 valence electrons. The minimum Gasteiger partial charge on any atom is -0.744 e. The van der Waals surface area contributed by atoms with Crippen molar-refractivity contribution in [1.29, 1.82) is 0 Å². The minimum atomic E-state index is -4.27. The number of benzene rings is 2. The van der Waals surface area contributed by atoms with Crippen LogP contribution in [0, 0.1) is 6.92 Å². The molecule has 6 nitrogen and oxygen atoms in total. The molecule has 0 saturated heterocycles. The van der Waals surface area contributed by atoms with E-state index in [4.69, 9.17) is 4.74 Å². The number of hydrogen-bond donors (Lipinski definition) is 0. The van der Waals surface area contributed by atoms with Crippen LogP contribution in [0.25, 0.3) is 0 Å². The molecule has 0 fully saturated rings. The summed E-state index contributed by atoms with van der Waals surface area (Å²) in [7, 11) is -0.521. The van der Waals surface area contributed by atoms with Crippen LogP contribution in [0.3, 0.4) is 0 Å². The Morgan fingerprint density at radius 3 is 2.04 bits per heavy atom. The van der Waals surface area contributed by atoms with Gasteiger partial charge in [-0.05, 0) is 31.2 Å². The highest BCUT2D eigenvalue weighted by Gasteiger charge is 2.09. The van der Waals surface area contributed by atoms with E-state index in [1.54, 1.807) is 24.3 Å². The van der Waals surface area contributed by atoms with E-state index in [9.17, 15) is 17.8 Å². The molecule has 0 aliphatic rings. The first-order chi connectivity index (χ1) is 12.5. The van der Waals surface area contributed by atoms with Crippen LogP contribution in [-0.2, 0) is 14.9 Å². The van der Waals surface area contributed by atoms with E-state index in [2.05, 4.69) is 15.9 Å². The van der Waals surface area contributed by atoms with Crippen LogP contribution in [0.15, 0.2) is 57.9 Å². The summed E-state index contributed by atoms with van der Waals surface area (Å²) in [5.74, 6) is 0.708. The van der Waals surface area contributed by atoms with Crippen LogP contribution in [0.5, 0.6) is 0 Å². The maximum atomic E-state index is 11.7. The Kier molecular flexibility index (Phi) is 8.81. The summed E-state index contributed by atoms with van der Waals surface area (Å²) in [5, 5.41) is 0. The molecule has 0 N–H and O–H groups in total. The standard InChI is InChI=1S/C12H15BrNO2.C7H8O3S/c1-9(14(2)3)16-8-12(15)10-4-6-11(13)7-5-10;1-6-2-4-7(5-3-6)11(8,9)10/h4-7H,8H2,1-3H3;2-5H,1H3,(H,8,9,10)/q+1;/p-1. The molecular formula is C19H22BrNO5S. The Balaban J connectivity index is 0.000000289. The zero-order chi connectivity index (χ0) is 20.6. The lowest BCUT2D eigenvalue weighted by Crippen LogP contribution is -2.18. The van der Waals surface area contributed by atoms with Gasteiger partial charge in [-0.1, -0.05) is 45.8 Å². The van der Waals surface area contributed by atoms with E-state index in [0.29, 0.717) is 5.56 Å². The molecule has 8 heteroatoms. The number of ether oxygens (including phenoxy) is 1. The van der Waals surface area contributed by atoms with Gasteiger partial charge in [0, 0.05) is 10.0 Å². The first-order valence-electron chi connectivity index (χ1n) is 7.95. The highest BCUT2D eigenvalue weighted by molar-refractivity contribution is 9.10. The van der Waals surface area contributed by atoms with Crippen molar-refractivity contribution in [3.8, 4) is 0 Å². The third-order valence-corrected chi connectivity index (χ3v) is 4.90. The van der Waals surface area contributed by atoms with Crippen molar-refractivity contribution < 1.29 is 27.1 Å². The van der Waals surface area contributed by atoms with Gasteiger partial charge in [0.05, 0.1) is 11.8 Å². The first-order valence-corrected chi connectivity index (χ1v) is 10.2. The van der Waals surface area contributed by atoms with Crippen LogP contribution in [0.4, 0.5) is 0 Å². The Hall–Kier alpha value is -2.03. The summed E-state index contributed by atoms with van der Waals surface area (Å²) in [6.45, 7) is 3.72. The number of halogens is 1. The molecule has 2 aromatic carbocycles. The molecule has 0 aliphatic carbocycles. The van der Waals surface area contributed by atoms with Crippen molar-refractivity contribution in [1.82, 2.24) is 0 Å². The molecule has 0 aliphatic heterocycles. The number of Topliss-reactive ketones (excluding diaryl/α,β-unsaturated/α-hetero) is 1. The molecule has 0 atom stereocenters. The van der Waals surface area contributed by atoms with Gasteiger partial charge in [0.1, 0.15) is 24.2 Å². The van der Waals surface area contributed by atoms with Crippen LogP contribution in [0.1, 0.15) is 22.8 Å². The molecule has 0 spiro atoms. The van der Waals surface area contributed by atoms with E-state index in [1.807, 2.05) is 44.7 Å². The predicted molar refractivity (Wildman–Crippen MR) is 106 cm³/mol. The fourth-order valence-electron chi connectivity index (χ4n) is 1.72. The minimum absolute atomic E-state index is 0.0197. The fourth-order valence-corrected chi connectivity index (χ4v) is 2.46. The van der Waals surface area contributed by atoms with Crippen molar-refractivity contribution in [3.05, 3.63) is 64.1 Å². The summed E-state index contributed by atoms with van der Waals surface area (Å²) in [6.07, 6.45) is 0. The largest absolute Gasteiger partial charge is 0.744 e. The summed E-state index contributed by atoms with van der Waals surface area (Å²) in [6, 6.07) is 13.0. The maximum Gasteiger partial charge on any atom is 0.333 e. The third kappa shape index (κ3) is 8.47. The Morgan fingerprint density at radius 2 is 1.59 bits per heavy atom. The SMILES string of the molecule is CC(OCC(=O)c1ccc(Br)cc1)=[N+](C)C.Cc1ccc(S(=O)(=O)[O-])cc1.